The Labute approximate surface area is 221 Å². The molecule has 1 aromatic heterocycles. The number of Topliss-reactive ketones (excluding diaryl/α,β-unsaturated/α-hetero) is 1. The molecule has 0 fully saturated rings. The van der Waals surface area contributed by atoms with Crippen LogP contribution < -0.4 is 15.1 Å². The van der Waals surface area contributed by atoms with Crippen LogP contribution in [0.15, 0.2) is 33.2 Å². The fourth-order valence-electron chi connectivity index (χ4n) is 5.24. The molecule has 3 atom stereocenters. The Bertz CT molecular complexity index is 1800. The average molecular weight is 554 g/mol. The number of aliphatic hydroxyl groups excluding tert-OH is 2. The van der Waals surface area contributed by atoms with Gasteiger partial charge < -0.3 is 48.9 Å². The number of benzene rings is 2. The Morgan fingerprint density at radius 2 is 1.68 bits per heavy atom. The van der Waals surface area contributed by atoms with Gasteiger partial charge in [0.15, 0.2) is 40.6 Å². The van der Waals surface area contributed by atoms with Gasteiger partial charge in [0.2, 0.25) is 11.5 Å². The van der Waals surface area contributed by atoms with Crippen molar-refractivity contribution in [3.05, 3.63) is 62.4 Å². The summed E-state index contributed by atoms with van der Waals surface area (Å²) in [5, 5.41) is 54.9. The van der Waals surface area contributed by atoms with Crippen molar-refractivity contribution in [1.29, 1.82) is 0 Å². The zero-order valence-electron chi connectivity index (χ0n) is 20.5. The average Bonchev–Trinajstić information content (AvgIpc) is 3.21. The van der Waals surface area contributed by atoms with Crippen molar-refractivity contribution in [2.24, 2.45) is 0 Å². The Kier molecular flexibility index (Phi) is 5.17. The molecule has 1 aliphatic carbocycles. The highest BCUT2D eigenvalue weighted by molar-refractivity contribution is 6.26. The number of ketones is 2. The maximum absolute atomic E-state index is 12.8. The van der Waals surface area contributed by atoms with Gasteiger partial charge in [-0.3, -0.25) is 9.59 Å². The first-order valence-electron chi connectivity index (χ1n) is 11.6. The fraction of sp³-hybridized carbons (Fsp3) is 0.231. The molecule has 3 aliphatic rings. The molecule has 0 saturated heterocycles. The van der Waals surface area contributed by atoms with Crippen LogP contribution in [0.3, 0.4) is 0 Å². The van der Waals surface area contributed by atoms with Crippen molar-refractivity contribution in [2.75, 3.05) is 14.2 Å². The summed E-state index contributed by atoms with van der Waals surface area (Å²) < 4.78 is 25.8. The SMILES string of the molecule is COC(=O)c1cc2cc3c(c(O)c2c(=O)o1)O[C@]1(Oc2c(O)c4c(c(O)c2[C@@H]1O)C(=O)C=C(OC)C4=O)[C@H](O)C3. The minimum Gasteiger partial charge on any atom is -0.507 e. The Morgan fingerprint density at radius 1 is 0.975 bits per heavy atom. The number of hydrogen-bond donors (Lipinski definition) is 5. The van der Waals surface area contributed by atoms with Crippen molar-refractivity contribution in [3.8, 4) is 28.7 Å². The fourth-order valence-corrected chi connectivity index (χ4v) is 5.24. The molecular formula is C26H18O14. The summed E-state index contributed by atoms with van der Waals surface area (Å²) in [7, 11) is 2.20. The largest absolute Gasteiger partial charge is 0.507 e. The standard InChI is InChI=1S/C26H18O14/c1-36-10-6-9(27)14-15(17(10)29)20(32)22-16(18(14)30)23(33)26(40-22)12(28)5-8-3-7-4-11(24(34)37-2)38-25(35)13(7)19(31)21(8)39-26/h3-4,6,12,23,28,30-33H,5H2,1-2H3/t12-,23+,26+/m1/s1. The van der Waals surface area contributed by atoms with E-state index in [-0.39, 0.29) is 17.4 Å². The molecule has 0 bridgehead atoms. The zero-order valence-corrected chi connectivity index (χ0v) is 20.5. The highest BCUT2D eigenvalue weighted by Crippen LogP contribution is 2.59. The van der Waals surface area contributed by atoms with E-state index in [1.54, 1.807) is 0 Å². The van der Waals surface area contributed by atoms with Gasteiger partial charge in [0.05, 0.1) is 30.9 Å². The lowest BCUT2D eigenvalue weighted by Crippen LogP contribution is -2.57. The summed E-state index contributed by atoms with van der Waals surface area (Å²) in [6.07, 6.45) is -3.39. The van der Waals surface area contributed by atoms with Crippen LogP contribution in [0.4, 0.5) is 0 Å². The van der Waals surface area contributed by atoms with E-state index in [0.717, 1.165) is 26.4 Å². The van der Waals surface area contributed by atoms with Crippen LogP contribution in [0.25, 0.3) is 10.8 Å². The predicted octanol–water partition coefficient (Wildman–Crippen LogP) is 0.724. The predicted molar refractivity (Wildman–Crippen MR) is 128 cm³/mol. The number of hydrogen-bond acceptors (Lipinski definition) is 14. The second-order valence-corrected chi connectivity index (χ2v) is 9.21. The molecule has 0 radical (unpaired) electrons. The number of carbonyl (C=O) groups is 3. The third-order valence-corrected chi connectivity index (χ3v) is 7.12. The van der Waals surface area contributed by atoms with Crippen LogP contribution in [0.1, 0.15) is 48.5 Å². The summed E-state index contributed by atoms with van der Waals surface area (Å²) in [6, 6.07) is 2.48. The number of phenolic OH excluding ortho intramolecular Hbond substituents is 3. The summed E-state index contributed by atoms with van der Waals surface area (Å²) in [4.78, 5) is 50.0. The van der Waals surface area contributed by atoms with Gasteiger partial charge >= 0.3 is 17.4 Å². The monoisotopic (exact) mass is 554 g/mol. The number of rotatable bonds is 2. The van der Waals surface area contributed by atoms with Gasteiger partial charge in [-0.25, -0.2) is 9.59 Å². The normalized spacial score (nSPS) is 22.6. The van der Waals surface area contributed by atoms with Crippen molar-refractivity contribution in [1.82, 2.24) is 0 Å². The molecule has 1 spiro atoms. The number of ether oxygens (including phenoxy) is 4. The molecule has 206 valence electrons. The maximum Gasteiger partial charge on any atom is 0.374 e. The van der Waals surface area contributed by atoms with Crippen molar-refractivity contribution < 1.29 is 63.3 Å². The molecule has 5 N–H and O–H groups in total. The molecule has 0 saturated carbocycles. The number of methoxy groups -OCH3 is 2. The first kappa shape index (κ1) is 25.2. The van der Waals surface area contributed by atoms with Gasteiger partial charge in [0.25, 0.3) is 0 Å². The van der Waals surface area contributed by atoms with Crippen molar-refractivity contribution in [3.63, 3.8) is 0 Å². The number of aliphatic hydroxyl groups is 2. The molecule has 0 unspecified atom stereocenters. The van der Waals surface area contributed by atoms with Crippen LogP contribution in [-0.2, 0) is 15.9 Å². The van der Waals surface area contributed by atoms with E-state index in [1.807, 2.05) is 0 Å². The van der Waals surface area contributed by atoms with E-state index in [1.165, 1.54) is 6.07 Å². The van der Waals surface area contributed by atoms with Crippen LogP contribution in [0, 0.1) is 0 Å². The smallest absolute Gasteiger partial charge is 0.374 e. The van der Waals surface area contributed by atoms with Gasteiger partial charge in [-0.1, -0.05) is 0 Å². The molecular weight excluding hydrogens is 536 g/mol. The summed E-state index contributed by atoms with van der Waals surface area (Å²) in [5.41, 5.74) is -2.83. The maximum atomic E-state index is 12.8. The lowest BCUT2D eigenvalue weighted by atomic mass is 9.86. The molecule has 6 rings (SSSR count). The lowest BCUT2D eigenvalue weighted by Gasteiger charge is -2.40. The lowest BCUT2D eigenvalue weighted by molar-refractivity contribution is -0.234. The molecule has 0 amide bonds. The van der Waals surface area contributed by atoms with E-state index < -0.39 is 103 Å². The molecule has 14 heteroatoms. The topological polar surface area (TPSA) is 219 Å². The number of allylic oxidation sites excluding steroid dienone is 2. The summed E-state index contributed by atoms with van der Waals surface area (Å²) in [6.45, 7) is 0. The Hall–Kier alpha value is -5.08. The van der Waals surface area contributed by atoms with Gasteiger partial charge in [-0.15, -0.1) is 0 Å². The van der Waals surface area contributed by atoms with Crippen LogP contribution in [0.2, 0.25) is 0 Å². The highest BCUT2D eigenvalue weighted by Gasteiger charge is 2.61. The summed E-state index contributed by atoms with van der Waals surface area (Å²) in [5.74, 6) is -9.88. The van der Waals surface area contributed by atoms with Crippen LogP contribution in [-0.4, -0.2) is 69.2 Å². The van der Waals surface area contributed by atoms with Crippen LogP contribution in [0.5, 0.6) is 28.7 Å². The molecule has 2 aromatic carbocycles. The molecule has 3 heterocycles. The van der Waals surface area contributed by atoms with E-state index in [0.29, 0.717) is 0 Å². The number of aromatic hydroxyl groups is 3. The van der Waals surface area contributed by atoms with E-state index in [2.05, 4.69) is 4.74 Å². The molecule has 2 aliphatic heterocycles. The number of esters is 1. The van der Waals surface area contributed by atoms with Gasteiger partial charge in [0.1, 0.15) is 17.2 Å². The van der Waals surface area contributed by atoms with Gasteiger partial charge in [-0.05, 0) is 17.5 Å². The molecule has 14 nitrogen and oxygen atoms in total. The number of fused-ring (bicyclic) bond motifs is 4. The second-order valence-electron chi connectivity index (χ2n) is 9.21. The number of phenols is 3. The van der Waals surface area contributed by atoms with Crippen molar-refractivity contribution in [2.45, 2.75) is 24.4 Å². The van der Waals surface area contributed by atoms with E-state index in [9.17, 15) is 44.7 Å². The van der Waals surface area contributed by atoms with Crippen molar-refractivity contribution >= 4 is 28.3 Å². The molecule has 3 aromatic rings. The van der Waals surface area contributed by atoms with Crippen LogP contribution >= 0.6 is 0 Å². The summed E-state index contributed by atoms with van der Waals surface area (Å²) >= 11 is 0. The first-order valence-corrected chi connectivity index (χ1v) is 11.6. The quantitative estimate of drug-likeness (QED) is 0.218. The Balaban J connectivity index is 1.51. The first-order chi connectivity index (χ1) is 18.9. The second kappa shape index (κ2) is 8.21. The van der Waals surface area contributed by atoms with Gasteiger partial charge in [0, 0.05) is 18.1 Å². The minimum atomic E-state index is -2.52. The minimum absolute atomic E-state index is 0.0530. The highest BCUT2D eigenvalue weighted by atomic mass is 16.7. The van der Waals surface area contributed by atoms with E-state index >= 15 is 0 Å². The van der Waals surface area contributed by atoms with Gasteiger partial charge in [-0.2, -0.15) is 0 Å². The van der Waals surface area contributed by atoms with E-state index in [4.69, 9.17) is 18.6 Å². The number of carbonyl (C=O) groups excluding carboxylic acids is 3. The third-order valence-electron chi connectivity index (χ3n) is 7.12. The zero-order chi connectivity index (χ0) is 28.8. The Morgan fingerprint density at radius 3 is 2.35 bits per heavy atom. The molecule has 40 heavy (non-hydrogen) atoms. The third kappa shape index (κ3) is 3.05.